The molecule has 3 amide bonds. The number of morpholine rings is 1. The van der Waals surface area contributed by atoms with E-state index in [0.29, 0.717) is 17.2 Å². The SMILES string of the molecule is O=C(NC[C@@H](C(=O)Nc1ccc(N2CCOCC2=O)c(OC(F)F)c1)N(CC(F)F)C1CCC1)c1ccc(Cl)s1. The van der Waals surface area contributed by atoms with Crippen LogP contribution in [-0.2, 0) is 14.3 Å². The number of nitrogens with one attached hydrogen (secondary N) is 2. The third-order valence-electron chi connectivity index (χ3n) is 6.57. The Kier molecular flexibility index (Phi) is 10.2. The molecule has 1 atom stereocenters. The van der Waals surface area contributed by atoms with E-state index < -0.39 is 43.3 Å². The molecule has 1 aromatic carbocycles. The summed E-state index contributed by atoms with van der Waals surface area (Å²) in [5.74, 6) is -2.05. The molecule has 218 valence electrons. The lowest BCUT2D eigenvalue weighted by Gasteiger charge is -2.41. The molecular weight excluding hydrogens is 580 g/mol. The van der Waals surface area contributed by atoms with Gasteiger partial charge in [0, 0.05) is 30.9 Å². The van der Waals surface area contributed by atoms with Crippen LogP contribution in [0, 0.1) is 0 Å². The maximum absolute atomic E-state index is 13.5. The number of anilines is 2. The van der Waals surface area contributed by atoms with Gasteiger partial charge in [0.2, 0.25) is 5.91 Å². The van der Waals surface area contributed by atoms with Crippen LogP contribution in [0.4, 0.5) is 28.9 Å². The second-order valence-electron chi connectivity index (χ2n) is 9.15. The molecule has 2 fully saturated rings. The van der Waals surface area contributed by atoms with E-state index in [-0.39, 0.29) is 54.3 Å². The predicted molar refractivity (Wildman–Crippen MR) is 141 cm³/mol. The van der Waals surface area contributed by atoms with Crippen LogP contribution >= 0.6 is 22.9 Å². The van der Waals surface area contributed by atoms with E-state index in [2.05, 4.69) is 15.4 Å². The Morgan fingerprint density at radius 1 is 1.20 bits per heavy atom. The van der Waals surface area contributed by atoms with Crippen molar-refractivity contribution >= 4 is 52.0 Å². The van der Waals surface area contributed by atoms with E-state index in [1.54, 1.807) is 0 Å². The van der Waals surface area contributed by atoms with Gasteiger partial charge >= 0.3 is 6.61 Å². The third kappa shape index (κ3) is 7.62. The Balaban J connectivity index is 1.57. The number of rotatable bonds is 12. The standard InChI is InChI=1S/C25H27ClF4N4O5S/c26-20-7-6-19(40-20)24(37)31-11-17(34(12-21(27)28)15-2-1-3-15)23(36)32-14-4-5-16(18(10-14)39-25(29)30)33-8-9-38-13-22(33)35/h4-7,10,15,17,21,25H,1-3,8-9,11-13H2,(H,31,37)(H,32,36)/t17-/m0/s1. The molecule has 2 aromatic rings. The van der Waals surface area contributed by atoms with Gasteiger partial charge in [-0.05, 0) is 37.1 Å². The normalized spacial score (nSPS) is 16.8. The van der Waals surface area contributed by atoms with Crippen molar-refractivity contribution in [3.63, 3.8) is 0 Å². The molecule has 1 saturated carbocycles. The number of benzene rings is 1. The summed E-state index contributed by atoms with van der Waals surface area (Å²) in [6.45, 7) is -4.10. The highest BCUT2D eigenvalue weighted by Crippen LogP contribution is 2.34. The number of nitrogens with zero attached hydrogens (tertiary/aromatic N) is 2. The molecule has 0 spiro atoms. The number of amides is 3. The Hall–Kier alpha value is -2.94. The van der Waals surface area contributed by atoms with Gasteiger partial charge in [0.25, 0.3) is 18.2 Å². The summed E-state index contributed by atoms with van der Waals surface area (Å²) in [6.07, 6.45) is -0.701. The van der Waals surface area contributed by atoms with Gasteiger partial charge in [-0.15, -0.1) is 11.3 Å². The predicted octanol–water partition coefficient (Wildman–Crippen LogP) is 4.22. The Morgan fingerprint density at radius 2 is 1.98 bits per heavy atom. The minimum atomic E-state index is -3.21. The monoisotopic (exact) mass is 606 g/mol. The zero-order chi connectivity index (χ0) is 28.8. The Morgan fingerprint density at radius 3 is 2.58 bits per heavy atom. The minimum Gasteiger partial charge on any atom is -0.433 e. The van der Waals surface area contributed by atoms with Crippen molar-refractivity contribution in [3.8, 4) is 5.75 Å². The van der Waals surface area contributed by atoms with Gasteiger partial charge < -0.3 is 25.0 Å². The van der Waals surface area contributed by atoms with E-state index in [9.17, 15) is 31.9 Å². The van der Waals surface area contributed by atoms with Crippen LogP contribution in [-0.4, -0.2) is 80.6 Å². The van der Waals surface area contributed by atoms with E-state index in [4.69, 9.17) is 16.3 Å². The summed E-state index contributed by atoms with van der Waals surface area (Å²) < 4.78 is 63.6. The highest BCUT2D eigenvalue weighted by atomic mass is 35.5. The molecule has 15 heteroatoms. The van der Waals surface area contributed by atoms with E-state index in [1.165, 1.54) is 34.1 Å². The molecular formula is C25H27ClF4N4O5S. The van der Waals surface area contributed by atoms with Gasteiger partial charge in [-0.1, -0.05) is 18.0 Å². The topological polar surface area (TPSA) is 100 Å². The van der Waals surface area contributed by atoms with E-state index >= 15 is 0 Å². The number of alkyl halides is 4. The first-order chi connectivity index (χ1) is 19.1. The molecule has 2 N–H and O–H groups in total. The van der Waals surface area contributed by atoms with Gasteiger partial charge in [0.05, 0.1) is 28.1 Å². The molecule has 9 nitrogen and oxygen atoms in total. The first-order valence-corrected chi connectivity index (χ1v) is 13.7. The molecule has 1 saturated heterocycles. The van der Waals surface area contributed by atoms with Crippen LogP contribution in [0.2, 0.25) is 4.34 Å². The lowest BCUT2D eigenvalue weighted by atomic mass is 9.90. The molecule has 2 aliphatic rings. The largest absolute Gasteiger partial charge is 0.433 e. The number of ether oxygens (including phenoxy) is 2. The van der Waals surface area contributed by atoms with Gasteiger partial charge in [0.1, 0.15) is 12.6 Å². The van der Waals surface area contributed by atoms with Crippen molar-refractivity contribution < 1.29 is 41.4 Å². The average molecular weight is 607 g/mol. The highest BCUT2D eigenvalue weighted by molar-refractivity contribution is 7.18. The van der Waals surface area contributed by atoms with Crippen molar-refractivity contribution in [2.45, 2.75) is 44.4 Å². The van der Waals surface area contributed by atoms with Crippen LogP contribution in [0.3, 0.4) is 0 Å². The van der Waals surface area contributed by atoms with Crippen LogP contribution in [0.1, 0.15) is 28.9 Å². The molecule has 1 aromatic heterocycles. The molecule has 40 heavy (non-hydrogen) atoms. The second kappa shape index (κ2) is 13.6. The van der Waals surface area contributed by atoms with Crippen LogP contribution in [0.5, 0.6) is 5.75 Å². The summed E-state index contributed by atoms with van der Waals surface area (Å²) in [5, 5.41) is 5.19. The van der Waals surface area contributed by atoms with Crippen molar-refractivity contribution in [3.05, 3.63) is 39.5 Å². The van der Waals surface area contributed by atoms with Crippen molar-refractivity contribution in [1.29, 1.82) is 0 Å². The summed E-state index contributed by atoms with van der Waals surface area (Å²) in [6, 6.07) is 5.42. The smallest absolute Gasteiger partial charge is 0.387 e. The molecule has 1 aliphatic heterocycles. The number of carbonyl (C=O) groups is 3. The first kappa shape index (κ1) is 30.0. The van der Waals surface area contributed by atoms with Crippen molar-refractivity contribution in [2.75, 3.05) is 43.1 Å². The fourth-order valence-corrected chi connectivity index (χ4v) is 5.44. The zero-order valence-corrected chi connectivity index (χ0v) is 22.7. The molecule has 4 rings (SSSR count). The summed E-state index contributed by atoms with van der Waals surface area (Å²) in [4.78, 5) is 41.2. The number of thiophene rings is 1. The fraction of sp³-hybridized carbons (Fsp3) is 0.480. The molecule has 0 unspecified atom stereocenters. The van der Waals surface area contributed by atoms with Crippen molar-refractivity contribution in [1.82, 2.24) is 10.2 Å². The van der Waals surface area contributed by atoms with Gasteiger partial charge in [0.15, 0.2) is 5.75 Å². The van der Waals surface area contributed by atoms with E-state index in [1.807, 2.05) is 0 Å². The highest BCUT2D eigenvalue weighted by Gasteiger charge is 2.36. The lowest BCUT2D eigenvalue weighted by molar-refractivity contribution is -0.126. The summed E-state index contributed by atoms with van der Waals surface area (Å²) in [5.41, 5.74) is 0.107. The number of hydrogen-bond acceptors (Lipinski definition) is 7. The minimum absolute atomic E-state index is 0.0390. The summed E-state index contributed by atoms with van der Waals surface area (Å²) in [7, 11) is 0. The Labute approximate surface area is 236 Å². The fourth-order valence-electron chi connectivity index (χ4n) is 4.49. The second-order valence-corrected chi connectivity index (χ2v) is 10.9. The average Bonchev–Trinajstić information content (AvgIpc) is 3.29. The quantitative estimate of drug-likeness (QED) is 0.351. The van der Waals surface area contributed by atoms with Crippen LogP contribution in [0.15, 0.2) is 30.3 Å². The number of hydrogen-bond donors (Lipinski definition) is 2. The van der Waals surface area contributed by atoms with E-state index in [0.717, 1.165) is 23.8 Å². The molecule has 0 bridgehead atoms. The summed E-state index contributed by atoms with van der Waals surface area (Å²) >= 11 is 6.92. The van der Waals surface area contributed by atoms with Crippen LogP contribution in [0.25, 0.3) is 0 Å². The number of carbonyl (C=O) groups excluding carboxylic acids is 3. The molecule has 1 aliphatic carbocycles. The van der Waals surface area contributed by atoms with Gasteiger partial charge in [-0.2, -0.15) is 8.78 Å². The van der Waals surface area contributed by atoms with Gasteiger partial charge in [-0.25, -0.2) is 8.78 Å². The molecule has 2 heterocycles. The molecule has 0 radical (unpaired) electrons. The maximum atomic E-state index is 13.5. The lowest BCUT2D eigenvalue weighted by Crippen LogP contribution is -2.57. The maximum Gasteiger partial charge on any atom is 0.387 e. The van der Waals surface area contributed by atoms with Crippen LogP contribution < -0.4 is 20.3 Å². The third-order valence-corrected chi connectivity index (χ3v) is 7.80. The number of halogens is 5. The zero-order valence-electron chi connectivity index (χ0n) is 21.1. The Bertz CT molecular complexity index is 1220. The first-order valence-electron chi connectivity index (χ1n) is 12.5. The van der Waals surface area contributed by atoms with Crippen molar-refractivity contribution in [2.24, 2.45) is 0 Å². The van der Waals surface area contributed by atoms with Gasteiger partial charge in [-0.3, -0.25) is 19.3 Å².